The van der Waals surface area contributed by atoms with Gasteiger partial charge in [-0.05, 0) is 37.5 Å². The first-order valence-corrected chi connectivity index (χ1v) is 6.17. The van der Waals surface area contributed by atoms with Crippen LogP contribution in [0.2, 0.25) is 0 Å². The molecule has 0 aromatic rings. The maximum absolute atomic E-state index is 11.9. The van der Waals surface area contributed by atoms with Gasteiger partial charge in [-0.25, -0.2) is 0 Å². The van der Waals surface area contributed by atoms with Crippen LogP contribution in [0.1, 0.15) is 19.8 Å². The lowest BCUT2D eigenvalue weighted by Gasteiger charge is -2.54. The lowest BCUT2D eigenvalue weighted by molar-refractivity contribution is -0.164. The summed E-state index contributed by atoms with van der Waals surface area (Å²) < 4.78 is 5.21. The summed E-state index contributed by atoms with van der Waals surface area (Å²) in [6, 6.07) is 0. The zero-order valence-electron chi connectivity index (χ0n) is 9.32. The Kier molecular flexibility index (Phi) is 2.23. The molecule has 84 valence electrons. The van der Waals surface area contributed by atoms with E-state index in [9.17, 15) is 4.79 Å². The Bertz CT molecular complexity index is 249. The van der Waals surface area contributed by atoms with E-state index in [-0.39, 0.29) is 11.9 Å². The Labute approximate surface area is 90.8 Å². The van der Waals surface area contributed by atoms with E-state index >= 15 is 0 Å². The molecule has 4 fully saturated rings. The Balaban J connectivity index is 1.77. The molecule has 4 aliphatic rings. The van der Waals surface area contributed by atoms with E-state index < -0.39 is 0 Å². The van der Waals surface area contributed by atoms with Gasteiger partial charge in [-0.2, -0.15) is 0 Å². The van der Waals surface area contributed by atoms with Gasteiger partial charge in [-0.1, -0.05) is 0 Å². The first-order chi connectivity index (χ1) is 7.28. The largest absolute Gasteiger partial charge is 0.466 e. The monoisotopic (exact) mass is 209 g/mol. The van der Waals surface area contributed by atoms with Crippen LogP contribution in [0, 0.1) is 23.7 Å². The highest BCUT2D eigenvalue weighted by molar-refractivity contribution is 5.73. The van der Waals surface area contributed by atoms with E-state index in [1.807, 2.05) is 6.92 Å². The average Bonchev–Trinajstić information content (AvgIpc) is 2.15. The third-order valence-electron chi connectivity index (χ3n) is 4.35. The predicted molar refractivity (Wildman–Crippen MR) is 56.3 cm³/mol. The van der Waals surface area contributed by atoms with Gasteiger partial charge in [0.1, 0.15) is 0 Å². The molecule has 0 aromatic carbocycles. The molecule has 3 nitrogen and oxygen atoms in total. The number of nitrogens with zero attached hydrogens (tertiary/aromatic N) is 1. The third-order valence-corrected chi connectivity index (χ3v) is 4.35. The first-order valence-electron chi connectivity index (χ1n) is 6.17. The Morgan fingerprint density at radius 3 is 2.47 bits per heavy atom. The summed E-state index contributed by atoms with van der Waals surface area (Å²) in [6.45, 7) is 5.98. The van der Waals surface area contributed by atoms with Gasteiger partial charge < -0.3 is 9.64 Å². The highest BCUT2D eigenvalue weighted by Gasteiger charge is 2.50. The second kappa shape index (κ2) is 3.48. The molecule has 0 aromatic heterocycles. The van der Waals surface area contributed by atoms with Crippen molar-refractivity contribution >= 4 is 5.97 Å². The van der Waals surface area contributed by atoms with E-state index in [4.69, 9.17) is 4.74 Å². The van der Waals surface area contributed by atoms with Gasteiger partial charge in [0.05, 0.1) is 12.5 Å². The first kappa shape index (κ1) is 9.64. The minimum atomic E-state index is 0.0764. The molecule has 4 rings (SSSR count). The number of carbonyl (C=O) groups is 1. The van der Waals surface area contributed by atoms with Crippen molar-refractivity contribution in [1.82, 2.24) is 4.90 Å². The molecule has 0 spiro atoms. The molecular weight excluding hydrogens is 190 g/mol. The fourth-order valence-corrected chi connectivity index (χ4v) is 4.03. The Morgan fingerprint density at radius 1 is 1.27 bits per heavy atom. The van der Waals surface area contributed by atoms with Crippen molar-refractivity contribution in [2.24, 2.45) is 23.7 Å². The second-order valence-electron chi connectivity index (χ2n) is 5.35. The SMILES string of the molecule is CCOC(=O)[C@@H]1[C@@H]2C[C@@H]3C[C@H]1CN(C3)C2. The van der Waals surface area contributed by atoms with Crippen LogP contribution in [0.3, 0.4) is 0 Å². The molecule has 0 N–H and O–H groups in total. The quantitative estimate of drug-likeness (QED) is 0.639. The molecule has 3 heterocycles. The van der Waals surface area contributed by atoms with E-state index in [0.29, 0.717) is 18.4 Å². The fourth-order valence-electron chi connectivity index (χ4n) is 4.03. The number of carbonyl (C=O) groups excluding carboxylic acids is 1. The van der Waals surface area contributed by atoms with Crippen LogP contribution in [-0.4, -0.2) is 37.1 Å². The summed E-state index contributed by atoms with van der Waals surface area (Å²) in [7, 11) is 0. The molecule has 1 unspecified atom stereocenters. The number of piperidine rings is 3. The maximum Gasteiger partial charge on any atom is 0.309 e. The smallest absolute Gasteiger partial charge is 0.309 e. The van der Waals surface area contributed by atoms with Gasteiger partial charge in [0.25, 0.3) is 0 Å². The van der Waals surface area contributed by atoms with Gasteiger partial charge in [-0.3, -0.25) is 4.79 Å². The van der Waals surface area contributed by atoms with Crippen LogP contribution >= 0.6 is 0 Å². The fraction of sp³-hybridized carbons (Fsp3) is 0.917. The minimum absolute atomic E-state index is 0.0764. The zero-order chi connectivity index (χ0) is 10.4. The lowest BCUT2D eigenvalue weighted by Crippen LogP contribution is -2.59. The molecule has 0 radical (unpaired) electrons. The van der Waals surface area contributed by atoms with Gasteiger partial charge in [0, 0.05) is 19.6 Å². The van der Waals surface area contributed by atoms with Crippen molar-refractivity contribution in [3.8, 4) is 0 Å². The molecular formula is C12H19NO2. The Hall–Kier alpha value is -0.570. The van der Waals surface area contributed by atoms with Gasteiger partial charge in [0.2, 0.25) is 0 Å². The van der Waals surface area contributed by atoms with Crippen molar-refractivity contribution in [2.75, 3.05) is 26.2 Å². The van der Waals surface area contributed by atoms with Gasteiger partial charge >= 0.3 is 5.97 Å². The summed E-state index contributed by atoms with van der Waals surface area (Å²) in [4.78, 5) is 14.4. The van der Waals surface area contributed by atoms with Gasteiger partial charge in [-0.15, -0.1) is 0 Å². The Morgan fingerprint density at radius 2 is 1.93 bits per heavy atom. The van der Waals surface area contributed by atoms with Crippen molar-refractivity contribution in [3.05, 3.63) is 0 Å². The standard InChI is InChI=1S/C12H19NO2/c1-2-15-12(14)11-9-3-8-4-10(11)7-13(5-8)6-9/h8-11H,2-7H2,1H3/t8-,9-,10+,11-. The average molecular weight is 209 g/mol. The number of hydrogen-bond acceptors (Lipinski definition) is 3. The molecule has 3 saturated heterocycles. The highest BCUT2D eigenvalue weighted by Crippen LogP contribution is 2.47. The van der Waals surface area contributed by atoms with Crippen molar-refractivity contribution < 1.29 is 9.53 Å². The topological polar surface area (TPSA) is 29.5 Å². The van der Waals surface area contributed by atoms with Crippen LogP contribution in [0.5, 0.6) is 0 Å². The van der Waals surface area contributed by atoms with Gasteiger partial charge in [0.15, 0.2) is 0 Å². The van der Waals surface area contributed by atoms with Crippen LogP contribution in [0.4, 0.5) is 0 Å². The van der Waals surface area contributed by atoms with E-state index in [1.54, 1.807) is 0 Å². The molecule has 0 amide bonds. The summed E-state index contributed by atoms with van der Waals surface area (Å²) in [5, 5.41) is 0. The van der Waals surface area contributed by atoms with Crippen molar-refractivity contribution in [3.63, 3.8) is 0 Å². The summed E-state index contributed by atoms with van der Waals surface area (Å²) >= 11 is 0. The zero-order valence-corrected chi connectivity index (χ0v) is 9.32. The maximum atomic E-state index is 11.9. The second-order valence-corrected chi connectivity index (χ2v) is 5.35. The number of esters is 1. The van der Waals surface area contributed by atoms with Crippen molar-refractivity contribution in [2.45, 2.75) is 19.8 Å². The summed E-state index contributed by atoms with van der Waals surface area (Å²) in [5.41, 5.74) is 0. The van der Waals surface area contributed by atoms with Crippen LogP contribution < -0.4 is 0 Å². The third kappa shape index (κ3) is 1.48. The molecule has 1 saturated carbocycles. The molecule has 1 aliphatic carbocycles. The van der Waals surface area contributed by atoms with Crippen LogP contribution in [0.25, 0.3) is 0 Å². The molecule has 3 heteroatoms. The molecule has 15 heavy (non-hydrogen) atoms. The number of ether oxygens (including phenoxy) is 1. The van der Waals surface area contributed by atoms with Crippen LogP contribution in [-0.2, 0) is 9.53 Å². The number of hydrogen-bond donors (Lipinski definition) is 0. The summed E-state index contributed by atoms with van der Waals surface area (Å²) in [6.07, 6.45) is 2.52. The summed E-state index contributed by atoms with van der Waals surface area (Å²) in [5.74, 6) is 2.35. The predicted octanol–water partition coefficient (Wildman–Crippen LogP) is 1.14. The normalized spacial score (nSPS) is 46.9. The molecule has 4 bridgehead atoms. The van der Waals surface area contributed by atoms with E-state index in [1.165, 1.54) is 19.4 Å². The lowest BCUT2D eigenvalue weighted by atomic mass is 9.62. The van der Waals surface area contributed by atoms with Crippen molar-refractivity contribution in [1.29, 1.82) is 0 Å². The van der Waals surface area contributed by atoms with Crippen LogP contribution in [0.15, 0.2) is 0 Å². The molecule has 3 aliphatic heterocycles. The minimum Gasteiger partial charge on any atom is -0.466 e. The highest BCUT2D eigenvalue weighted by atomic mass is 16.5. The molecule has 5 atom stereocenters. The van der Waals surface area contributed by atoms with E-state index in [0.717, 1.165) is 19.0 Å². The van der Waals surface area contributed by atoms with E-state index in [2.05, 4.69) is 4.90 Å². The number of rotatable bonds is 2.